The minimum absolute atomic E-state index is 0.0202. The van der Waals surface area contributed by atoms with E-state index in [9.17, 15) is 4.79 Å². The first kappa shape index (κ1) is 17.3. The quantitative estimate of drug-likeness (QED) is 0.809. The van der Waals surface area contributed by atoms with Crippen LogP contribution in [0.2, 0.25) is 5.02 Å². The second-order valence-corrected chi connectivity index (χ2v) is 5.80. The zero-order chi connectivity index (χ0) is 17.0. The number of hydrogen-bond acceptors (Lipinski definition) is 4. The molecule has 0 spiro atoms. The van der Waals surface area contributed by atoms with E-state index in [1.54, 1.807) is 18.0 Å². The first-order chi connectivity index (χ1) is 10.9. The van der Waals surface area contributed by atoms with Gasteiger partial charge in [0.1, 0.15) is 11.5 Å². The molecule has 5 nitrogen and oxygen atoms in total. The Morgan fingerprint density at radius 3 is 2.74 bits per heavy atom. The summed E-state index contributed by atoms with van der Waals surface area (Å²) >= 11 is 6.16. The monoisotopic (exact) mass is 336 g/mol. The Kier molecular flexibility index (Phi) is 5.66. The van der Waals surface area contributed by atoms with Crippen LogP contribution in [0.4, 0.5) is 0 Å². The zero-order valence-electron chi connectivity index (χ0n) is 13.9. The van der Waals surface area contributed by atoms with Crippen molar-refractivity contribution in [3.63, 3.8) is 0 Å². The number of rotatable bonds is 6. The van der Waals surface area contributed by atoms with E-state index >= 15 is 0 Å². The Balaban J connectivity index is 2.11. The third kappa shape index (κ3) is 4.05. The first-order valence-corrected chi connectivity index (χ1v) is 7.87. The Morgan fingerprint density at radius 2 is 2.13 bits per heavy atom. The van der Waals surface area contributed by atoms with Gasteiger partial charge in [-0.15, -0.1) is 0 Å². The molecule has 2 rings (SSSR count). The predicted octanol–water partition coefficient (Wildman–Crippen LogP) is 3.54. The molecular weight excluding hydrogens is 316 g/mol. The van der Waals surface area contributed by atoms with Crippen molar-refractivity contribution in [2.45, 2.75) is 33.7 Å². The van der Waals surface area contributed by atoms with E-state index in [1.807, 2.05) is 32.9 Å². The topological polar surface area (TPSA) is 55.6 Å². The van der Waals surface area contributed by atoms with Crippen molar-refractivity contribution >= 4 is 17.5 Å². The molecule has 1 aromatic carbocycles. The molecule has 0 unspecified atom stereocenters. The molecule has 2 aromatic rings. The Labute approximate surface area is 141 Å². The average molecular weight is 337 g/mol. The number of hydrogen-bond donors (Lipinski definition) is 0. The Morgan fingerprint density at radius 1 is 1.39 bits per heavy atom. The molecule has 23 heavy (non-hydrogen) atoms. The number of carbonyl (C=O) groups is 1. The van der Waals surface area contributed by atoms with Gasteiger partial charge in [0, 0.05) is 18.2 Å². The molecule has 0 fully saturated rings. The van der Waals surface area contributed by atoms with Gasteiger partial charge in [-0.2, -0.15) is 0 Å². The standard InChI is InChI=1S/C17H21ClN2O3/c1-5-22-17-13(7-6-8-15(17)18)9-16(21)20(4)10-14-11(2)19-23-12(14)3/h6-8H,5,9-10H2,1-4H3. The highest BCUT2D eigenvalue weighted by atomic mass is 35.5. The summed E-state index contributed by atoms with van der Waals surface area (Å²) in [5.41, 5.74) is 2.53. The molecule has 1 amide bonds. The van der Waals surface area contributed by atoms with Crippen molar-refractivity contribution in [1.29, 1.82) is 0 Å². The Hall–Kier alpha value is -2.01. The lowest BCUT2D eigenvalue weighted by atomic mass is 10.1. The van der Waals surface area contributed by atoms with Crippen LogP contribution in [0.3, 0.4) is 0 Å². The van der Waals surface area contributed by atoms with Gasteiger partial charge in [0.25, 0.3) is 0 Å². The fraction of sp³-hybridized carbons (Fsp3) is 0.412. The molecule has 0 aliphatic rings. The number of amides is 1. The van der Waals surface area contributed by atoms with Crippen molar-refractivity contribution in [3.8, 4) is 5.75 Å². The second-order valence-electron chi connectivity index (χ2n) is 5.39. The second kappa shape index (κ2) is 7.51. The molecule has 0 radical (unpaired) electrons. The van der Waals surface area contributed by atoms with Gasteiger partial charge in [0.05, 0.1) is 30.3 Å². The van der Waals surface area contributed by atoms with Crippen molar-refractivity contribution in [3.05, 3.63) is 45.8 Å². The molecule has 1 heterocycles. The van der Waals surface area contributed by atoms with Crippen LogP contribution in [-0.4, -0.2) is 29.6 Å². The zero-order valence-corrected chi connectivity index (χ0v) is 14.6. The van der Waals surface area contributed by atoms with Crippen molar-refractivity contribution in [2.24, 2.45) is 0 Å². The third-order valence-corrected chi connectivity index (χ3v) is 3.98. The van der Waals surface area contributed by atoms with Crippen LogP contribution < -0.4 is 4.74 Å². The maximum atomic E-state index is 12.5. The summed E-state index contributed by atoms with van der Waals surface area (Å²) in [6, 6.07) is 5.44. The largest absolute Gasteiger partial charge is 0.492 e. The molecule has 124 valence electrons. The number of aromatic nitrogens is 1. The number of aryl methyl sites for hydroxylation is 2. The van der Waals surface area contributed by atoms with Gasteiger partial charge in [-0.3, -0.25) is 4.79 Å². The summed E-state index contributed by atoms with van der Waals surface area (Å²) in [5, 5.41) is 4.43. The van der Waals surface area contributed by atoms with Crippen LogP contribution in [0.25, 0.3) is 0 Å². The highest BCUT2D eigenvalue weighted by Gasteiger charge is 2.18. The number of benzene rings is 1. The van der Waals surface area contributed by atoms with E-state index < -0.39 is 0 Å². The summed E-state index contributed by atoms with van der Waals surface area (Å²) in [6.45, 7) is 6.56. The third-order valence-electron chi connectivity index (χ3n) is 3.68. The fourth-order valence-corrected chi connectivity index (χ4v) is 2.60. The van der Waals surface area contributed by atoms with Gasteiger partial charge in [-0.05, 0) is 26.8 Å². The van der Waals surface area contributed by atoms with Crippen LogP contribution in [0.15, 0.2) is 22.7 Å². The fourth-order valence-electron chi connectivity index (χ4n) is 2.35. The molecule has 0 bridgehead atoms. The Bertz CT molecular complexity index is 678. The molecule has 0 saturated carbocycles. The van der Waals surface area contributed by atoms with Crippen molar-refractivity contribution in [1.82, 2.24) is 10.1 Å². The van der Waals surface area contributed by atoms with Crippen LogP contribution in [0, 0.1) is 13.8 Å². The van der Waals surface area contributed by atoms with E-state index in [0.29, 0.717) is 23.9 Å². The summed E-state index contributed by atoms with van der Waals surface area (Å²) in [4.78, 5) is 14.2. The van der Waals surface area contributed by atoms with Gasteiger partial charge in [-0.25, -0.2) is 0 Å². The average Bonchev–Trinajstić information content (AvgIpc) is 2.82. The minimum atomic E-state index is -0.0202. The highest BCUT2D eigenvalue weighted by Crippen LogP contribution is 2.29. The van der Waals surface area contributed by atoms with E-state index in [4.69, 9.17) is 20.9 Å². The van der Waals surface area contributed by atoms with Gasteiger partial charge in [-0.1, -0.05) is 28.9 Å². The summed E-state index contributed by atoms with van der Waals surface area (Å²) in [5.74, 6) is 1.30. The maximum absolute atomic E-state index is 12.5. The molecule has 0 aliphatic carbocycles. The van der Waals surface area contributed by atoms with E-state index in [2.05, 4.69) is 5.16 Å². The van der Waals surface area contributed by atoms with Gasteiger partial charge >= 0.3 is 0 Å². The molecule has 0 saturated heterocycles. The van der Waals surface area contributed by atoms with Crippen LogP contribution in [-0.2, 0) is 17.8 Å². The molecule has 1 aromatic heterocycles. The number of nitrogens with zero attached hydrogens (tertiary/aromatic N) is 2. The number of likely N-dealkylation sites (N-methyl/N-ethyl adjacent to an activating group) is 1. The number of halogens is 1. The first-order valence-electron chi connectivity index (χ1n) is 7.50. The maximum Gasteiger partial charge on any atom is 0.227 e. The minimum Gasteiger partial charge on any atom is -0.492 e. The van der Waals surface area contributed by atoms with Crippen LogP contribution in [0.5, 0.6) is 5.75 Å². The number of para-hydroxylation sites is 1. The highest BCUT2D eigenvalue weighted by molar-refractivity contribution is 6.32. The lowest BCUT2D eigenvalue weighted by Crippen LogP contribution is -2.28. The normalized spacial score (nSPS) is 10.7. The van der Waals surface area contributed by atoms with E-state index in [-0.39, 0.29) is 12.3 Å². The molecular formula is C17H21ClN2O3. The summed E-state index contributed by atoms with van der Waals surface area (Å²) < 4.78 is 10.7. The summed E-state index contributed by atoms with van der Waals surface area (Å²) in [7, 11) is 1.76. The van der Waals surface area contributed by atoms with E-state index in [1.165, 1.54) is 0 Å². The van der Waals surface area contributed by atoms with Crippen LogP contribution >= 0.6 is 11.6 Å². The van der Waals surface area contributed by atoms with Crippen molar-refractivity contribution in [2.75, 3.05) is 13.7 Å². The number of ether oxygens (including phenoxy) is 1. The SMILES string of the molecule is CCOc1c(Cl)cccc1CC(=O)N(C)Cc1c(C)noc1C. The van der Waals surface area contributed by atoms with Crippen LogP contribution in [0.1, 0.15) is 29.5 Å². The number of carbonyl (C=O) groups excluding carboxylic acids is 1. The van der Waals surface area contributed by atoms with E-state index in [0.717, 1.165) is 22.6 Å². The lowest BCUT2D eigenvalue weighted by molar-refractivity contribution is -0.129. The van der Waals surface area contributed by atoms with Gasteiger partial charge < -0.3 is 14.2 Å². The molecule has 0 atom stereocenters. The van der Waals surface area contributed by atoms with Gasteiger partial charge in [0.2, 0.25) is 5.91 Å². The lowest BCUT2D eigenvalue weighted by Gasteiger charge is -2.18. The molecule has 0 N–H and O–H groups in total. The smallest absolute Gasteiger partial charge is 0.227 e. The van der Waals surface area contributed by atoms with Crippen molar-refractivity contribution < 1.29 is 14.1 Å². The summed E-state index contributed by atoms with van der Waals surface area (Å²) in [6.07, 6.45) is 0.232. The predicted molar refractivity (Wildman–Crippen MR) is 88.8 cm³/mol. The molecule has 6 heteroatoms. The van der Waals surface area contributed by atoms with Gasteiger partial charge in [0.15, 0.2) is 0 Å². The molecule has 0 aliphatic heterocycles.